The summed E-state index contributed by atoms with van der Waals surface area (Å²) in [6.07, 6.45) is 1.10. The van der Waals surface area contributed by atoms with Gasteiger partial charge in [0.1, 0.15) is 11.4 Å². The Hall–Kier alpha value is -2.29. The molecule has 0 N–H and O–H groups in total. The summed E-state index contributed by atoms with van der Waals surface area (Å²) in [4.78, 5) is 12.2. The van der Waals surface area contributed by atoms with E-state index in [1.807, 2.05) is 38.1 Å². The quantitative estimate of drug-likeness (QED) is 0.376. The number of hydrogen-bond donors (Lipinski definition) is 0. The van der Waals surface area contributed by atoms with Gasteiger partial charge in [0.25, 0.3) is 0 Å². The predicted molar refractivity (Wildman–Crippen MR) is 120 cm³/mol. The van der Waals surface area contributed by atoms with E-state index >= 15 is 0 Å². The minimum absolute atomic E-state index is 0.137. The molecule has 0 atom stereocenters. The molecule has 29 heavy (non-hydrogen) atoms. The van der Waals surface area contributed by atoms with Crippen LogP contribution in [0.25, 0.3) is 0 Å². The third kappa shape index (κ3) is 6.92. The predicted octanol–water partition coefficient (Wildman–Crippen LogP) is 7.44. The number of aryl methyl sites for hydroxylation is 1. The Balaban J connectivity index is 2.01. The van der Waals surface area contributed by atoms with Crippen molar-refractivity contribution in [1.82, 2.24) is 0 Å². The van der Waals surface area contributed by atoms with Gasteiger partial charge in [0, 0.05) is 5.41 Å². The Morgan fingerprint density at radius 1 is 0.759 bits per heavy atom. The Morgan fingerprint density at radius 3 is 1.72 bits per heavy atom. The second-order valence-corrected chi connectivity index (χ2v) is 10.3. The van der Waals surface area contributed by atoms with E-state index in [9.17, 15) is 4.79 Å². The van der Waals surface area contributed by atoms with Gasteiger partial charge in [0.2, 0.25) is 0 Å². The molecule has 0 amide bonds. The molecule has 0 bridgehead atoms. The number of carbonyl (C=O) groups is 1. The standard InChI is InChI=1S/C26H36O3/c1-19-9-11-20(12-10-19)26(7,8)21-13-15-22(16-14-21)28-23(27)29-25(5,6)18-17-24(2,3)4/h9-16H,17-18H2,1-8H3. The maximum Gasteiger partial charge on any atom is 0.514 e. The molecule has 158 valence electrons. The second-order valence-electron chi connectivity index (χ2n) is 10.3. The molecule has 0 unspecified atom stereocenters. The van der Waals surface area contributed by atoms with E-state index in [0.717, 1.165) is 18.4 Å². The summed E-state index contributed by atoms with van der Waals surface area (Å²) in [6.45, 7) is 16.9. The molecule has 0 aromatic heterocycles. The maximum absolute atomic E-state index is 12.2. The van der Waals surface area contributed by atoms with Crippen LogP contribution in [0.4, 0.5) is 4.79 Å². The summed E-state index contributed by atoms with van der Waals surface area (Å²) in [5.41, 5.74) is 3.16. The van der Waals surface area contributed by atoms with E-state index in [0.29, 0.717) is 5.75 Å². The highest BCUT2D eigenvalue weighted by atomic mass is 16.7. The van der Waals surface area contributed by atoms with Crippen LogP contribution < -0.4 is 4.74 Å². The highest BCUT2D eigenvalue weighted by Crippen LogP contribution is 2.33. The smallest absolute Gasteiger partial charge is 0.428 e. The molecule has 2 aromatic rings. The lowest BCUT2D eigenvalue weighted by molar-refractivity contribution is -0.00178. The fraction of sp³-hybridized carbons (Fsp3) is 0.500. The number of carbonyl (C=O) groups excluding carboxylic acids is 1. The van der Waals surface area contributed by atoms with Gasteiger partial charge in [0.15, 0.2) is 0 Å². The van der Waals surface area contributed by atoms with Gasteiger partial charge in [-0.3, -0.25) is 0 Å². The number of rotatable bonds is 6. The monoisotopic (exact) mass is 396 g/mol. The molecule has 0 saturated heterocycles. The average Bonchev–Trinajstić information content (AvgIpc) is 2.60. The summed E-state index contributed by atoms with van der Waals surface area (Å²) in [6, 6.07) is 16.3. The van der Waals surface area contributed by atoms with Gasteiger partial charge in [-0.1, -0.05) is 76.6 Å². The van der Waals surface area contributed by atoms with E-state index in [2.05, 4.69) is 65.8 Å². The van der Waals surface area contributed by atoms with Crippen LogP contribution in [-0.2, 0) is 10.2 Å². The Kier molecular flexibility index (Phi) is 6.82. The van der Waals surface area contributed by atoms with Crippen molar-refractivity contribution in [2.45, 2.75) is 79.2 Å². The third-order valence-corrected chi connectivity index (χ3v) is 5.39. The molecule has 3 nitrogen and oxygen atoms in total. The van der Waals surface area contributed by atoms with E-state index in [1.54, 1.807) is 0 Å². The highest BCUT2D eigenvalue weighted by Gasteiger charge is 2.27. The van der Waals surface area contributed by atoms with E-state index in [1.165, 1.54) is 11.1 Å². The summed E-state index contributed by atoms with van der Waals surface area (Å²) < 4.78 is 11.0. The van der Waals surface area contributed by atoms with Gasteiger partial charge in [-0.05, 0) is 62.3 Å². The van der Waals surface area contributed by atoms with Crippen molar-refractivity contribution in [2.75, 3.05) is 0 Å². The van der Waals surface area contributed by atoms with Crippen molar-refractivity contribution in [3.05, 3.63) is 65.2 Å². The molecule has 0 aliphatic rings. The molecule has 2 rings (SSSR count). The summed E-state index contributed by atoms with van der Waals surface area (Å²) >= 11 is 0. The summed E-state index contributed by atoms with van der Waals surface area (Å²) in [7, 11) is 0. The first-order valence-electron chi connectivity index (χ1n) is 10.4. The zero-order valence-electron chi connectivity index (χ0n) is 19.3. The van der Waals surface area contributed by atoms with Crippen molar-refractivity contribution >= 4 is 6.16 Å². The SMILES string of the molecule is Cc1ccc(C(C)(C)c2ccc(OC(=O)OC(C)(C)CCC(C)(C)C)cc2)cc1. The fourth-order valence-corrected chi connectivity index (χ4v) is 3.15. The van der Waals surface area contributed by atoms with Crippen molar-refractivity contribution in [3.63, 3.8) is 0 Å². The molecular formula is C26H36O3. The van der Waals surface area contributed by atoms with Crippen molar-refractivity contribution in [3.8, 4) is 5.75 Å². The molecular weight excluding hydrogens is 360 g/mol. The second kappa shape index (κ2) is 8.61. The van der Waals surface area contributed by atoms with Crippen LogP contribution >= 0.6 is 0 Å². The van der Waals surface area contributed by atoms with Gasteiger partial charge in [-0.2, -0.15) is 0 Å². The Morgan fingerprint density at radius 2 is 1.24 bits per heavy atom. The molecule has 0 spiro atoms. The van der Waals surface area contributed by atoms with Crippen molar-refractivity contribution in [1.29, 1.82) is 0 Å². The summed E-state index contributed by atoms with van der Waals surface area (Å²) in [5.74, 6) is 0.491. The number of ether oxygens (including phenoxy) is 2. The van der Waals surface area contributed by atoms with Crippen LogP contribution in [0.5, 0.6) is 5.75 Å². The van der Waals surface area contributed by atoms with Crippen LogP contribution in [0, 0.1) is 12.3 Å². The third-order valence-electron chi connectivity index (χ3n) is 5.39. The first-order valence-corrected chi connectivity index (χ1v) is 10.4. The van der Waals surface area contributed by atoms with Gasteiger partial charge < -0.3 is 9.47 Å². The average molecular weight is 397 g/mol. The van der Waals surface area contributed by atoms with Crippen LogP contribution in [0.2, 0.25) is 0 Å². The fourth-order valence-electron chi connectivity index (χ4n) is 3.15. The number of benzene rings is 2. The molecule has 0 radical (unpaired) electrons. The highest BCUT2D eigenvalue weighted by molar-refractivity contribution is 5.64. The summed E-state index contributed by atoms with van der Waals surface area (Å²) in [5, 5.41) is 0. The van der Waals surface area contributed by atoms with E-state index < -0.39 is 11.8 Å². The molecule has 0 aliphatic heterocycles. The van der Waals surface area contributed by atoms with Crippen LogP contribution in [0.3, 0.4) is 0 Å². The Labute approximate surface area is 176 Å². The number of hydrogen-bond acceptors (Lipinski definition) is 3. The normalized spacial score (nSPS) is 12.6. The molecule has 2 aromatic carbocycles. The largest absolute Gasteiger partial charge is 0.514 e. The van der Waals surface area contributed by atoms with Gasteiger partial charge in [-0.25, -0.2) is 4.79 Å². The lowest BCUT2D eigenvalue weighted by atomic mass is 9.78. The topological polar surface area (TPSA) is 35.5 Å². The van der Waals surface area contributed by atoms with Crippen LogP contribution in [0.1, 0.15) is 78.0 Å². The first kappa shape index (κ1) is 23.0. The molecule has 0 saturated carbocycles. The maximum atomic E-state index is 12.2. The van der Waals surface area contributed by atoms with Crippen molar-refractivity contribution in [2.24, 2.45) is 5.41 Å². The molecule has 3 heteroatoms. The van der Waals surface area contributed by atoms with E-state index in [4.69, 9.17) is 9.47 Å². The lowest BCUT2D eigenvalue weighted by Crippen LogP contribution is -2.31. The van der Waals surface area contributed by atoms with Gasteiger partial charge in [0.05, 0.1) is 0 Å². The van der Waals surface area contributed by atoms with Crippen LogP contribution in [-0.4, -0.2) is 11.8 Å². The minimum Gasteiger partial charge on any atom is -0.428 e. The van der Waals surface area contributed by atoms with Gasteiger partial charge >= 0.3 is 6.16 Å². The first-order chi connectivity index (χ1) is 13.3. The lowest BCUT2D eigenvalue weighted by Gasteiger charge is -2.28. The van der Waals surface area contributed by atoms with E-state index in [-0.39, 0.29) is 10.8 Å². The van der Waals surface area contributed by atoms with Crippen molar-refractivity contribution < 1.29 is 14.3 Å². The van der Waals surface area contributed by atoms with Crippen LogP contribution in [0.15, 0.2) is 48.5 Å². The minimum atomic E-state index is -0.658. The zero-order chi connectivity index (χ0) is 21.9. The zero-order valence-corrected chi connectivity index (χ0v) is 19.3. The molecule has 0 fully saturated rings. The molecule has 0 heterocycles. The molecule has 0 aliphatic carbocycles. The Bertz CT molecular complexity index is 807. The van der Waals surface area contributed by atoms with Gasteiger partial charge in [-0.15, -0.1) is 0 Å².